The Kier molecular flexibility index (Phi) is 13.7. The fourth-order valence-electron chi connectivity index (χ4n) is 4.02. The van der Waals surface area contributed by atoms with Crippen LogP contribution in [-0.4, -0.2) is 67.8 Å². The molecule has 2 aromatic carbocycles. The second-order valence-electron chi connectivity index (χ2n) is 9.31. The van der Waals surface area contributed by atoms with Crippen LogP contribution in [0.3, 0.4) is 0 Å². The van der Waals surface area contributed by atoms with Crippen molar-refractivity contribution >= 4 is 18.7 Å². The number of hydrogen-bond donors (Lipinski definition) is 0. The summed E-state index contributed by atoms with van der Waals surface area (Å²) < 4.78 is 29.2. The molecular formula is C28H44O5Si. The van der Waals surface area contributed by atoms with E-state index in [0.29, 0.717) is 52.9 Å². The Morgan fingerprint density at radius 3 is 1.32 bits per heavy atom. The molecule has 2 aromatic rings. The molecule has 0 spiro atoms. The lowest BCUT2D eigenvalue weighted by Crippen LogP contribution is -2.66. The Morgan fingerprint density at radius 2 is 0.941 bits per heavy atom. The first-order valence-corrected chi connectivity index (χ1v) is 14.5. The summed E-state index contributed by atoms with van der Waals surface area (Å²) in [6.07, 6.45) is 2.26. The van der Waals surface area contributed by atoms with Crippen LogP contribution >= 0.6 is 0 Å². The average molecular weight is 489 g/mol. The van der Waals surface area contributed by atoms with E-state index < -0.39 is 8.32 Å². The van der Waals surface area contributed by atoms with E-state index >= 15 is 0 Å². The van der Waals surface area contributed by atoms with Crippen molar-refractivity contribution in [2.45, 2.75) is 45.6 Å². The molecule has 0 aliphatic rings. The molecule has 0 fully saturated rings. The standard InChI is InChI=1S/C28H44O5Si/c1-5-6-17-29-18-19-30-20-21-31-22-23-32-24-25-33-34(28(2,3)4,26-13-9-7-10-14-26)27-15-11-8-12-16-27/h7-16H,5-6,17-25H2,1-4H3. The minimum atomic E-state index is -2.49. The van der Waals surface area contributed by atoms with E-state index in [-0.39, 0.29) is 5.04 Å². The molecule has 0 heterocycles. The molecule has 0 amide bonds. The first-order valence-electron chi connectivity index (χ1n) is 12.6. The van der Waals surface area contributed by atoms with Crippen LogP contribution in [0.4, 0.5) is 0 Å². The lowest BCUT2D eigenvalue weighted by Gasteiger charge is -2.43. The third-order valence-corrected chi connectivity index (χ3v) is 10.8. The zero-order valence-electron chi connectivity index (χ0n) is 21.6. The van der Waals surface area contributed by atoms with Crippen LogP contribution in [0.15, 0.2) is 60.7 Å². The van der Waals surface area contributed by atoms with Gasteiger partial charge in [-0.2, -0.15) is 0 Å². The molecule has 0 saturated heterocycles. The van der Waals surface area contributed by atoms with Crippen molar-refractivity contribution in [2.24, 2.45) is 0 Å². The van der Waals surface area contributed by atoms with E-state index in [2.05, 4.69) is 88.4 Å². The molecule has 2 rings (SSSR count). The van der Waals surface area contributed by atoms with Crippen LogP contribution < -0.4 is 10.4 Å². The van der Waals surface area contributed by atoms with Gasteiger partial charge in [0.05, 0.1) is 52.9 Å². The summed E-state index contributed by atoms with van der Waals surface area (Å²) in [6.45, 7) is 14.4. The summed E-state index contributed by atoms with van der Waals surface area (Å²) in [6, 6.07) is 21.4. The van der Waals surface area contributed by atoms with E-state index in [9.17, 15) is 0 Å². The number of benzene rings is 2. The molecule has 0 bridgehead atoms. The third-order valence-electron chi connectivity index (χ3n) is 5.72. The molecule has 5 nitrogen and oxygen atoms in total. The predicted molar refractivity (Wildman–Crippen MR) is 142 cm³/mol. The Labute approximate surface area is 207 Å². The first kappa shape index (κ1) is 28.7. The molecule has 190 valence electrons. The van der Waals surface area contributed by atoms with Gasteiger partial charge in [-0.15, -0.1) is 0 Å². The van der Waals surface area contributed by atoms with Crippen LogP contribution in [0.2, 0.25) is 5.04 Å². The smallest absolute Gasteiger partial charge is 0.261 e. The van der Waals surface area contributed by atoms with E-state index in [0.717, 1.165) is 19.4 Å². The molecule has 6 heteroatoms. The highest BCUT2D eigenvalue weighted by Gasteiger charge is 2.49. The van der Waals surface area contributed by atoms with E-state index in [4.69, 9.17) is 23.4 Å². The van der Waals surface area contributed by atoms with E-state index in [1.54, 1.807) is 0 Å². The van der Waals surface area contributed by atoms with Gasteiger partial charge in [0, 0.05) is 6.61 Å². The highest BCUT2D eigenvalue weighted by Crippen LogP contribution is 2.36. The summed E-state index contributed by atoms with van der Waals surface area (Å²) in [5.74, 6) is 0. The number of rotatable bonds is 18. The fourth-order valence-corrected chi connectivity index (χ4v) is 8.57. The Balaban J connectivity index is 1.73. The summed E-state index contributed by atoms with van der Waals surface area (Å²) in [5, 5.41) is 2.54. The summed E-state index contributed by atoms with van der Waals surface area (Å²) in [7, 11) is -2.49. The monoisotopic (exact) mass is 488 g/mol. The number of hydrogen-bond acceptors (Lipinski definition) is 5. The molecule has 0 saturated carbocycles. The maximum Gasteiger partial charge on any atom is 0.261 e. The van der Waals surface area contributed by atoms with Gasteiger partial charge in [-0.05, 0) is 21.8 Å². The molecule has 0 aliphatic carbocycles. The summed E-state index contributed by atoms with van der Waals surface area (Å²) >= 11 is 0. The summed E-state index contributed by atoms with van der Waals surface area (Å²) in [4.78, 5) is 0. The van der Waals surface area contributed by atoms with Crippen molar-refractivity contribution in [3.05, 3.63) is 60.7 Å². The first-order chi connectivity index (χ1) is 16.5. The van der Waals surface area contributed by atoms with Gasteiger partial charge in [0.15, 0.2) is 0 Å². The van der Waals surface area contributed by atoms with Gasteiger partial charge < -0.3 is 23.4 Å². The van der Waals surface area contributed by atoms with Gasteiger partial charge >= 0.3 is 0 Å². The lowest BCUT2D eigenvalue weighted by atomic mass is 10.2. The van der Waals surface area contributed by atoms with Gasteiger partial charge in [-0.3, -0.25) is 0 Å². The van der Waals surface area contributed by atoms with Gasteiger partial charge in [0.1, 0.15) is 0 Å². The minimum absolute atomic E-state index is 0.0279. The number of unbranched alkanes of at least 4 members (excludes halogenated alkanes) is 1. The van der Waals surface area contributed by atoms with Crippen molar-refractivity contribution in [1.82, 2.24) is 0 Å². The van der Waals surface area contributed by atoms with Crippen LogP contribution in [0, 0.1) is 0 Å². The average Bonchev–Trinajstić information content (AvgIpc) is 2.84. The SMILES string of the molecule is CCCCOCCOCCOCCOCCO[Si](c1ccccc1)(c1ccccc1)C(C)(C)C. The van der Waals surface area contributed by atoms with Crippen molar-refractivity contribution in [2.75, 3.05) is 59.5 Å². The van der Waals surface area contributed by atoms with Crippen molar-refractivity contribution in [1.29, 1.82) is 0 Å². The molecule has 0 N–H and O–H groups in total. The zero-order chi connectivity index (χ0) is 24.5. The van der Waals surface area contributed by atoms with Gasteiger partial charge in [-0.25, -0.2) is 0 Å². The van der Waals surface area contributed by atoms with Crippen molar-refractivity contribution in [3.8, 4) is 0 Å². The largest absolute Gasteiger partial charge is 0.405 e. The second kappa shape index (κ2) is 16.2. The maximum absolute atomic E-state index is 6.81. The molecule has 0 radical (unpaired) electrons. The lowest BCUT2D eigenvalue weighted by molar-refractivity contribution is -0.00509. The third kappa shape index (κ3) is 9.25. The molecule has 0 aliphatic heterocycles. The Hall–Kier alpha value is -1.54. The minimum Gasteiger partial charge on any atom is -0.405 e. The zero-order valence-corrected chi connectivity index (χ0v) is 22.6. The topological polar surface area (TPSA) is 46.2 Å². The maximum atomic E-state index is 6.81. The number of ether oxygens (including phenoxy) is 4. The van der Waals surface area contributed by atoms with Crippen LogP contribution in [0.5, 0.6) is 0 Å². The Bertz CT molecular complexity index is 709. The van der Waals surface area contributed by atoms with Crippen LogP contribution in [-0.2, 0) is 23.4 Å². The van der Waals surface area contributed by atoms with E-state index in [1.807, 2.05) is 0 Å². The van der Waals surface area contributed by atoms with Gasteiger partial charge in [0.2, 0.25) is 0 Å². The molecule has 0 atom stereocenters. The van der Waals surface area contributed by atoms with Crippen LogP contribution in [0.25, 0.3) is 0 Å². The fraction of sp³-hybridized carbons (Fsp3) is 0.571. The highest BCUT2D eigenvalue weighted by atomic mass is 28.4. The van der Waals surface area contributed by atoms with Gasteiger partial charge in [-0.1, -0.05) is 94.8 Å². The molecule has 0 aromatic heterocycles. The normalized spacial score (nSPS) is 12.2. The highest BCUT2D eigenvalue weighted by molar-refractivity contribution is 6.99. The molecule has 0 unspecified atom stereocenters. The van der Waals surface area contributed by atoms with Gasteiger partial charge in [0.25, 0.3) is 8.32 Å². The van der Waals surface area contributed by atoms with Crippen molar-refractivity contribution < 1.29 is 23.4 Å². The Morgan fingerprint density at radius 1 is 0.559 bits per heavy atom. The molecular weight excluding hydrogens is 444 g/mol. The molecule has 34 heavy (non-hydrogen) atoms. The van der Waals surface area contributed by atoms with Crippen molar-refractivity contribution in [3.63, 3.8) is 0 Å². The summed E-state index contributed by atoms with van der Waals surface area (Å²) in [5.41, 5.74) is 0. The second-order valence-corrected chi connectivity index (χ2v) is 13.6. The van der Waals surface area contributed by atoms with E-state index in [1.165, 1.54) is 10.4 Å². The predicted octanol–water partition coefficient (Wildman–Crippen LogP) is 4.43. The quantitative estimate of drug-likeness (QED) is 0.229. The van der Waals surface area contributed by atoms with Crippen LogP contribution in [0.1, 0.15) is 40.5 Å².